The number of hydrogen-bond acceptors (Lipinski definition) is 4. The van der Waals surface area contributed by atoms with Gasteiger partial charge in [0.15, 0.2) is 0 Å². The van der Waals surface area contributed by atoms with Crippen LogP contribution in [0.1, 0.15) is 44.0 Å². The van der Waals surface area contributed by atoms with Gasteiger partial charge in [0.2, 0.25) is 5.91 Å². The van der Waals surface area contributed by atoms with E-state index in [0.29, 0.717) is 19.4 Å². The number of amides is 1. The maximum Gasteiger partial charge on any atom is 0.220 e. The lowest BCUT2D eigenvalue weighted by molar-refractivity contribution is -0.121. The summed E-state index contributed by atoms with van der Waals surface area (Å²) in [6.45, 7) is 6.75. The predicted octanol–water partition coefficient (Wildman–Crippen LogP) is 3.03. The molecular formula is C19H25N3O2. The number of aryl methyl sites for hydroxylation is 1. The van der Waals surface area contributed by atoms with Crippen molar-refractivity contribution in [1.29, 1.82) is 0 Å². The Morgan fingerprint density at radius 1 is 1.29 bits per heavy atom. The Bertz CT molecular complexity index is 693. The van der Waals surface area contributed by atoms with Crippen LogP contribution in [0, 0.1) is 0 Å². The third-order valence-electron chi connectivity index (χ3n) is 3.75. The van der Waals surface area contributed by atoms with Crippen LogP contribution < -0.4 is 10.1 Å². The number of rotatable bonds is 6. The van der Waals surface area contributed by atoms with Crippen LogP contribution in [0.25, 0.3) is 0 Å². The van der Waals surface area contributed by atoms with Gasteiger partial charge in [-0.1, -0.05) is 32.9 Å². The highest BCUT2D eigenvalue weighted by Gasteiger charge is 2.19. The summed E-state index contributed by atoms with van der Waals surface area (Å²) in [5.74, 6) is 0.825. The molecule has 0 saturated heterocycles. The van der Waals surface area contributed by atoms with Crippen molar-refractivity contribution in [2.75, 3.05) is 7.11 Å². The average Bonchev–Trinajstić information content (AvgIpc) is 2.57. The highest BCUT2D eigenvalue weighted by Crippen LogP contribution is 2.22. The second-order valence-corrected chi connectivity index (χ2v) is 6.77. The first-order valence-electron chi connectivity index (χ1n) is 8.09. The highest BCUT2D eigenvalue weighted by molar-refractivity contribution is 5.76. The standard InChI is InChI=1S/C19H25N3O2/c1-19(2,3)18-15(11-20-13-22-18)12-21-17(23)9-8-14-6-5-7-16(10-14)24-4/h5-7,10-11,13H,8-9,12H2,1-4H3,(H,21,23). The van der Waals surface area contributed by atoms with Gasteiger partial charge in [-0.2, -0.15) is 0 Å². The lowest BCUT2D eigenvalue weighted by Crippen LogP contribution is -2.26. The first-order chi connectivity index (χ1) is 11.4. The number of methoxy groups -OCH3 is 1. The van der Waals surface area contributed by atoms with E-state index < -0.39 is 0 Å². The molecular weight excluding hydrogens is 302 g/mol. The fraction of sp³-hybridized carbons (Fsp3) is 0.421. The molecule has 24 heavy (non-hydrogen) atoms. The van der Waals surface area contributed by atoms with Gasteiger partial charge >= 0.3 is 0 Å². The smallest absolute Gasteiger partial charge is 0.220 e. The number of carbonyl (C=O) groups is 1. The molecule has 1 aromatic heterocycles. The summed E-state index contributed by atoms with van der Waals surface area (Å²) in [4.78, 5) is 20.6. The SMILES string of the molecule is COc1cccc(CCC(=O)NCc2cncnc2C(C)(C)C)c1. The molecule has 0 aliphatic heterocycles. The Balaban J connectivity index is 1.90. The van der Waals surface area contributed by atoms with Crippen LogP contribution in [0.3, 0.4) is 0 Å². The fourth-order valence-corrected chi connectivity index (χ4v) is 2.53. The summed E-state index contributed by atoms with van der Waals surface area (Å²) < 4.78 is 5.20. The van der Waals surface area contributed by atoms with Crippen molar-refractivity contribution in [2.45, 2.75) is 45.6 Å². The molecule has 0 saturated carbocycles. The molecule has 1 aromatic carbocycles. The van der Waals surface area contributed by atoms with Crippen LogP contribution in [0.2, 0.25) is 0 Å². The van der Waals surface area contributed by atoms with Crippen LogP contribution in [0.4, 0.5) is 0 Å². The molecule has 0 spiro atoms. The Morgan fingerprint density at radius 2 is 2.08 bits per heavy atom. The van der Waals surface area contributed by atoms with Gasteiger partial charge in [-0.3, -0.25) is 4.79 Å². The molecule has 1 N–H and O–H groups in total. The summed E-state index contributed by atoms with van der Waals surface area (Å²) >= 11 is 0. The normalized spacial score (nSPS) is 11.2. The van der Waals surface area contributed by atoms with E-state index in [4.69, 9.17) is 4.74 Å². The minimum atomic E-state index is -0.0798. The van der Waals surface area contributed by atoms with Gasteiger partial charge in [0, 0.05) is 30.1 Å². The molecule has 0 atom stereocenters. The van der Waals surface area contributed by atoms with E-state index in [1.807, 2.05) is 24.3 Å². The Morgan fingerprint density at radius 3 is 2.79 bits per heavy atom. The summed E-state index contributed by atoms with van der Waals surface area (Å²) in [7, 11) is 1.64. The number of aromatic nitrogens is 2. The molecule has 0 radical (unpaired) electrons. The number of nitrogens with zero attached hydrogens (tertiary/aromatic N) is 2. The zero-order chi connectivity index (χ0) is 17.6. The number of nitrogens with one attached hydrogen (secondary N) is 1. The largest absolute Gasteiger partial charge is 0.497 e. The molecule has 1 heterocycles. The minimum Gasteiger partial charge on any atom is -0.497 e. The first kappa shape index (κ1) is 17.9. The maximum atomic E-state index is 12.1. The van der Waals surface area contributed by atoms with E-state index in [-0.39, 0.29) is 11.3 Å². The topological polar surface area (TPSA) is 64.1 Å². The Hall–Kier alpha value is -2.43. The molecule has 0 fully saturated rings. The Kier molecular flexibility index (Phi) is 5.90. The van der Waals surface area contributed by atoms with Gasteiger partial charge in [-0.15, -0.1) is 0 Å². The van der Waals surface area contributed by atoms with Crippen molar-refractivity contribution >= 4 is 5.91 Å². The molecule has 0 aliphatic rings. The number of ether oxygens (including phenoxy) is 1. The van der Waals surface area contributed by atoms with Crippen molar-refractivity contribution in [3.05, 3.63) is 53.6 Å². The second-order valence-electron chi connectivity index (χ2n) is 6.77. The van der Waals surface area contributed by atoms with Crippen LogP contribution in [-0.4, -0.2) is 23.0 Å². The minimum absolute atomic E-state index is 0.0153. The molecule has 1 amide bonds. The summed E-state index contributed by atoms with van der Waals surface area (Å²) in [5.41, 5.74) is 2.93. The van der Waals surface area contributed by atoms with E-state index in [1.54, 1.807) is 19.6 Å². The van der Waals surface area contributed by atoms with Gasteiger partial charge in [0.05, 0.1) is 12.8 Å². The molecule has 0 unspecified atom stereocenters. The van der Waals surface area contributed by atoms with Crippen molar-refractivity contribution in [2.24, 2.45) is 0 Å². The first-order valence-corrected chi connectivity index (χ1v) is 8.09. The van der Waals surface area contributed by atoms with Crippen molar-refractivity contribution in [3.63, 3.8) is 0 Å². The number of hydrogen-bond donors (Lipinski definition) is 1. The Labute approximate surface area is 143 Å². The van der Waals surface area contributed by atoms with Gasteiger partial charge in [-0.25, -0.2) is 9.97 Å². The number of carbonyl (C=O) groups excluding carboxylic acids is 1. The van der Waals surface area contributed by atoms with Gasteiger partial charge in [0.25, 0.3) is 0 Å². The van der Waals surface area contributed by atoms with E-state index in [0.717, 1.165) is 22.6 Å². The molecule has 2 aromatic rings. The van der Waals surface area contributed by atoms with E-state index in [1.165, 1.54) is 0 Å². The summed E-state index contributed by atoms with van der Waals surface area (Å²) in [6.07, 6.45) is 4.44. The van der Waals surface area contributed by atoms with Crippen LogP contribution >= 0.6 is 0 Å². The summed E-state index contributed by atoms with van der Waals surface area (Å²) in [6, 6.07) is 7.78. The fourth-order valence-electron chi connectivity index (χ4n) is 2.53. The van der Waals surface area contributed by atoms with E-state index >= 15 is 0 Å². The van der Waals surface area contributed by atoms with Crippen molar-refractivity contribution < 1.29 is 9.53 Å². The quantitative estimate of drug-likeness (QED) is 0.886. The van der Waals surface area contributed by atoms with Gasteiger partial charge in [-0.05, 0) is 24.1 Å². The monoisotopic (exact) mass is 327 g/mol. The van der Waals surface area contributed by atoms with Crippen LogP contribution in [-0.2, 0) is 23.2 Å². The zero-order valence-corrected chi connectivity index (χ0v) is 14.8. The van der Waals surface area contributed by atoms with Gasteiger partial charge < -0.3 is 10.1 Å². The summed E-state index contributed by atoms with van der Waals surface area (Å²) in [5, 5.41) is 2.96. The van der Waals surface area contributed by atoms with E-state index in [9.17, 15) is 4.79 Å². The third-order valence-corrected chi connectivity index (χ3v) is 3.75. The number of benzene rings is 1. The molecule has 5 heteroatoms. The predicted molar refractivity (Wildman–Crippen MR) is 93.9 cm³/mol. The third kappa shape index (κ3) is 5.05. The zero-order valence-electron chi connectivity index (χ0n) is 14.8. The van der Waals surface area contributed by atoms with Gasteiger partial charge in [0.1, 0.15) is 12.1 Å². The molecule has 128 valence electrons. The van der Waals surface area contributed by atoms with Crippen LogP contribution in [0.5, 0.6) is 5.75 Å². The lowest BCUT2D eigenvalue weighted by atomic mass is 9.89. The molecule has 5 nitrogen and oxygen atoms in total. The van der Waals surface area contributed by atoms with Crippen LogP contribution in [0.15, 0.2) is 36.8 Å². The maximum absolute atomic E-state index is 12.1. The molecule has 2 rings (SSSR count). The van der Waals surface area contributed by atoms with Crippen molar-refractivity contribution in [3.8, 4) is 5.75 Å². The lowest BCUT2D eigenvalue weighted by Gasteiger charge is -2.21. The second kappa shape index (κ2) is 7.90. The molecule has 0 aliphatic carbocycles. The average molecular weight is 327 g/mol. The molecule has 0 bridgehead atoms. The van der Waals surface area contributed by atoms with E-state index in [2.05, 4.69) is 36.1 Å². The van der Waals surface area contributed by atoms with Crippen molar-refractivity contribution in [1.82, 2.24) is 15.3 Å². The highest BCUT2D eigenvalue weighted by atomic mass is 16.5.